The van der Waals surface area contributed by atoms with Gasteiger partial charge in [-0.2, -0.15) is 0 Å². The van der Waals surface area contributed by atoms with Gasteiger partial charge in [0, 0.05) is 16.8 Å². The van der Waals surface area contributed by atoms with Gasteiger partial charge in [-0.3, -0.25) is 4.90 Å². The van der Waals surface area contributed by atoms with Gasteiger partial charge in [-0.1, -0.05) is 35.7 Å². The van der Waals surface area contributed by atoms with Crippen molar-refractivity contribution in [3.63, 3.8) is 0 Å². The fraction of sp³-hybridized carbons (Fsp3) is 0.231. The third kappa shape index (κ3) is 3.79. The van der Waals surface area contributed by atoms with E-state index in [0.717, 1.165) is 35.4 Å². The Morgan fingerprint density at radius 2 is 2.00 bits per heavy atom. The van der Waals surface area contributed by atoms with Crippen LogP contribution in [0.4, 0.5) is 10.5 Å². The number of carbonyl (C=O) groups is 1. The zero-order chi connectivity index (χ0) is 22.1. The highest BCUT2D eigenvalue weighted by molar-refractivity contribution is 6.30. The Morgan fingerprint density at radius 3 is 2.69 bits per heavy atom. The van der Waals surface area contributed by atoms with Crippen LogP contribution in [0.3, 0.4) is 0 Å². The van der Waals surface area contributed by atoms with Gasteiger partial charge < -0.3 is 10.1 Å². The highest BCUT2D eigenvalue weighted by atomic mass is 35.5. The molecule has 0 radical (unpaired) electrons. The average Bonchev–Trinajstić information content (AvgIpc) is 3.67. The molecule has 1 aliphatic carbocycles. The lowest BCUT2D eigenvalue weighted by Crippen LogP contribution is -2.56. The number of nitrogens with zero attached hydrogens (tertiary/aromatic N) is 2. The molecule has 3 aromatic rings. The monoisotopic (exact) mass is 443 g/mol. The summed E-state index contributed by atoms with van der Waals surface area (Å²) in [7, 11) is 1.64. The van der Waals surface area contributed by atoms with Crippen LogP contribution in [0.2, 0.25) is 5.02 Å². The van der Waals surface area contributed by atoms with Gasteiger partial charge in [-0.15, -0.1) is 0 Å². The first kappa shape index (κ1) is 20.4. The highest BCUT2D eigenvalue weighted by Gasteiger charge is 2.51. The maximum absolute atomic E-state index is 13.4. The number of methoxy groups -OCH3 is 1. The van der Waals surface area contributed by atoms with E-state index < -0.39 is 5.54 Å². The number of hydrogen-bond acceptors (Lipinski definition) is 3. The Hall–Kier alpha value is -3.49. The van der Waals surface area contributed by atoms with Gasteiger partial charge in [0.25, 0.3) is 0 Å². The lowest BCUT2D eigenvalue weighted by atomic mass is 9.82. The van der Waals surface area contributed by atoms with Crippen LogP contribution < -0.4 is 15.0 Å². The van der Waals surface area contributed by atoms with Crippen molar-refractivity contribution in [2.45, 2.75) is 24.9 Å². The van der Waals surface area contributed by atoms with E-state index in [2.05, 4.69) is 22.1 Å². The van der Waals surface area contributed by atoms with Crippen molar-refractivity contribution in [2.24, 2.45) is 5.92 Å². The van der Waals surface area contributed by atoms with E-state index in [1.54, 1.807) is 18.2 Å². The second-order valence-electron chi connectivity index (χ2n) is 8.07. The predicted molar refractivity (Wildman–Crippen MR) is 125 cm³/mol. The fourth-order valence-corrected chi connectivity index (χ4v) is 4.35. The molecular formula is C26H22ClN3O2. The number of halogens is 1. The highest BCUT2D eigenvalue weighted by Crippen LogP contribution is 2.50. The largest absolute Gasteiger partial charge is 0.497 e. The SMILES string of the molecule is COc1ccc(CN2C(=O)N[C@](C#Cc3ccccn3)(C3CC3)c3cc(Cl)ccc32)cc1. The molecule has 0 bridgehead atoms. The maximum Gasteiger partial charge on any atom is 0.323 e. The van der Waals surface area contributed by atoms with Gasteiger partial charge in [0.2, 0.25) is 0 Å². The number of fused-ring (bicyclic) bond motifs is 1. The van der Waals surface area contributed by atoms with Crippen molar-refractivity contribution in [1.82, 2.24) is 10.3 Å². The number of rotatable bonds is 4. The zero-order valence-corrected chi connectivity index (χ0v) is 18.4. The summed E-state index contributed by atoms with van der Waals surface area (Å²) in [5.41, 5.74) is 2.65. The van der Waals surface area contributed by atoms with E-state index in [0.29, 0.717) is 17.3 Å². The Kier molecular flexibility index (Phi) is 5.24. The lowest BCUT2D eigenvalue weighted by molar-refractivity contribution is 0.231. The molecule has 0 saturated heterocycles. The molecule has 160 valence electrons. The molecule has 0 spiro atoms. The fourth-order valence-electron chi connectivity index (χ4n) is 4.18. The molecule has 1 aromatic heterocycles. The summed E-state index contributed by atoms with van der Waals surface area (Å²) in [5.74, 6) is 7.58. The number of aromatic nitrogens is 1. The van der Waals surface area contributed by atoms with Crippen LogP contribution in [0.15, 0.2) is 66.9 Å². The summed E-state index contributed by atoms with van der Waals surface area (Å²) >= 11 is 6.42. The van der Waals surface area contributed by atoms with Crippen LogP contribution in [-0.2, 0) is 12.1 Å². The van der Waals surface area contributed by atoms with Crippen molar-refractivity contribution >= 4 is 23.3 Å². The van der Waals surface area contributed by atoms with Crippen molar-refractivity contribution < 1.29 is 9.53 Å². The van der Waals surface area contributed by atoms with Crippen molar-refractivity contribution in [3.8, 4) is 17.6 Å². The second-order valence-corrected chi connectivity index (χ2v) is 8.51. The molecule has 2 aliphatic rings. The van der Waals surface area contributed by atoms with Gasteiger partial charge in [0.15, 0.2) is 0 Å². The molecule has 1 N–H and O–H groups in total. The summed E-state index contributed by atoms with van der Waals surface area (Å²) in [4.78, 5) is 19.5. The van der Waals surface area contributed by atoms with Crippen molar-refractivity contribution in [3.05, 3.63) is 88.7 Å². The number of benzene rings is 2. The van der Waals surface area contributed by atoms with Gasteiger partial charge >= 0.3 is 6.03 Å². The Balaban J connectivity index is 1.58. The van der Waals surface area contributed by atoms with Crippen LogP contribution in [-0.4, -0.2) is 18.1 Å². The Labute approximate surface area is 192 Å². The van der Waals surface area contributed by atoms with Gasteiger partial charge in [-0.05, 0) is 72.7 Å². The minimum absolute atomic E-state index is 0.169. The Bertz CT molecular complexity index is 1210. The predicted octanol–water partition coefficient (Wildman–Crippen LogP) is 5.13. The first-order chi connectivity index (χ1) is 15.6. The normalized spacial score (nSPS) is 19.4. The van der Waals surface area contributed by atoms with E-state index in [1.165, 1.54) is 0 Å². The molecule has 2 amide bonds. The van der Waals surface area contributed by atoms with Crippen molar-refractivity contribution in [1.29, 1.82) is 0 Å². The third-order valence-electron chi connectivity index (χ3n) is 5.97. The van der Waals surface area contributed by atoms with Crippen LogP contribution in [0.5, 0.6) is 5.75 Å². The number of carbonyl (C=O) groups excluding carboxylic acids is 1. The number of urea groups is 1. The minimum atomic E-state index is -0.786. The summed E-state index contributed by atoms with van der Waals surface area (Å²) < 4.78 is 5.25. The molecule has 2 heterocycles. The molecule has 0 unspecified atom stereocenters. The molecule has 1 fully saturated rings. The molecule has 6 heteroatoms. The number of amides is 2. The van der Waals surface area contributed by atoms with E-state index >= 15 is 0 Å². The lowest BCUT2D eigenvalue weighted by Gasteiger charge is -2.41. The van der Waals surface area contributed by atoms with E-state index in [4.69, 9.17) is 16.3 Å². The number of pyridine rings is 1. The first-order valence-corrected chi connectivity index (χ1v) is 10.9. The number of nitrogens with one attached hydrogen (secondary N) is 1. The number of anilines is 1. The molecule has 1 atom stereocenters. The molecule has 5 nitrogen and oxygen atoms in total. The summed E-state index contributed by atoms with van der Waals surface area (Å²) in [5, 5.41) is 3.86. The second kappa shape index (κ2) is 8.22. The van der Waals surface area contributed by atoms with Crippen LogP contribution in [0, 0.1) is 17.8 Å². The minimum Gasteiger partial charge on any atom is -0.497 e. The molecule has 2 aromatic carbocycles. The van der Waals surface area contributed by atoms with Crippen LogP contribution in [0.25, 0.3) is 0 Å². The summed E-state index contributed by atoms with van der Waals surface area (Å²) in [6, 6.07) is 18.9. The van der Waals surface area contributed by atoms with E-state index in [1.807, 2.05) is 60.7 Å². The standard InChI is InChI=1S/C26H22ClN3O2/c1-32-22-10-5-18(6-11-22)17-30-24-12-9-20(27)16-23(24)26(19-7-8-19,29-25(30)31)14-13-21-4-2-3-15-28-21/h2-6,9-12,15-16,19H,7-8,17H2,1H3,(H,29,31)/t26-/m1/s1. The Morgan fingerprint density at radius 1 is 1.19 bits per heavy atom. The quantitative estimate of drug-likeness (QED) is 0.569. The van der Waals surface area contributed by atoms with Gasteiger partial charge in [0.1, 0.15) is 17.0 Å². The van der Waals surface area contributed by atoms with Crippen LogP contribution >= 0.6 is 11.6 Å². The summed E-state index contributed by atoms with van der Waals surface area (Å²) in [6.45, 7) is 0.429. The van der Waals surface area contributed by atoms with Gasteiger partial charge in [0.05, 0.1) is 19.3 Å². The smallest absolute Gasteiger partial charge is 0.323 e. The third-order valence-corrected chi connectivity index (χ3v) is 6.20. The maximum atomic E-state index is 13.4. The summed E-state index contributed by atoms with van der Waals surface area (Å²) in [6.07, 6.45) is 3.72. The van der Waals surface area contributed by atoms with Crippen LogP contribution in [0.1, 0.15) is 29.7 Å². The molecule has 32 heavy (non-hydrogen) atoms. The van der Waals surface area contributed by atoms with Gasteiger partial charge in [-0.25, -0.2) is 9.78 Å². The van der Waals surface area contributed by atoms with E-state index in [-0.39, 0.29) is 11.9 Å². The first-order valence-electron chi connectivity index (χ1n) is 10.6. The zero-order valence-electron chi connectivity index (χ0n) is 17.6. The average molecular weight is 444 g/mol. The topological polar surface area (TPSA) is 54.5 Å². The van der Waals surface area contributed by atoms with E-state index in [9.17, 15) is 4.79 Å². The molecule has 1 aliphatic heterocycles. The molecule has 1 saturated carbocycles. The van der Waals surface area contributed by atoms with Crippen molar-refractivity contribution in [2.75, 3.05) is 12.0 Å². The number of hydrogen-bond donors (Lipinski definition) is 1. The molecule has 5 rings (SSSR count). The molecular weight excluding hydrogens is 422 g/mol. The number of ether oxygens (including phenoxy) is 1.